The first-order chi connectivity index (χ1) is 18.8. The van der Waals surface area contributed by atoms with Crippen molar-refractivity contribution in [2.24, 2.45) is 4.99 Å². The van der Waals surface area contributed by atoms with E-state index in [-0.39, 0.29) is 30.1 Å². The summed E-state index contributed by atoms with van der Waals surface area (Å²) < 4.78 is 82.2. The number of hydrogen-bond acceptors (Lipinski definition) is 18. The molecule has 1 aromatic heterocycles. The summed E-state index contributed by atoms with van der Waals surface area (Å²) in [6, 6.07) is -0.409. The fourth-order valence-corrected chi connectivity index (χ4v) is 5.63. The molecule has 1 atom stereocenters. The molecule has 0 bridgehead atoms. The second-order valence-corrected chi connectivity index (χ2v) is 15.2. The average Bonchev–Trinajstić information content (AvgIpc) is 2.99. The molecule has 0 aliphatic carbocycles. The van der Waals surface area contributed by atoms with Crippen molar-refractivity contribution in [2.75, 3.05) is 63.0 Å². The predicted molar refractivity (Wildman–Crippen MR) is 146 cm³/mol. The van der Waals surface area contributed by atoms with E-state index < -0.39 is 48.3 Å². The van der Waals surface area contributed by atoms with E-state index in [9.17, 15) is 18.6 Å². The van der Waals surface area contributed by atoms with Crippen molar-refractivity contribution in [3.63, 3.8) is 0 Å². The molecule has 3 N–H and O–H groups in total. The molecule has 19 nitrogen and oxygen atoms in total. The molecule has 0 spiro atoms. The van der Waals surface area contributed by atoms with E-state index in [1.54, 1.807) is 0 Å². The van der Waals surface area contributed by atoms with Crippen LogP contribution in [-0.2, 0) is 50.1 Å². The van der Waals surface area contributed by atoms with Gasteiger partial charge in [-0.2, -0.15) is 0 Å². The van der Waals surface area contributed by atoms with Gasteiger partial charge in [-0.25, -0.2) is 0 Å². The number of nitrogens with one attached hydrogen (secondary N) is 2. The zero-order chi connectivity index (χ0) is 30.6. The molecule has 0 saturated carbocycles. The van der Waals surface area contributed by atoms with Gasteiger partial charge in [0.05, 0.1) is 0 Å². The second kappa shape index (κ2) is 16.7. The topological polar surface area (TPSA) is 241 Å². The Hall–Kier alpha value is -1.71. The fourth-order valence-electron chi connectivity index (χ4n) is 2.39. The SMILES string of the molecule is CO[PH](=O)/C(C)=N/C(=C\NC(=N)P(=O)(OC)OC)OCCOc1nc(P(=O)(OC)OC)nc([PH](O)(OC)OC)n1. The number of hydrogen-bond donors (Lipinski definition) is 3. The van der Waals surface area contributed by atoms with Crippen LogP contribution in [0.5, 0.6) is 6.01 Å². The Morgan fingerprint density at radius 3 is 2.12 bits per heavy atom. The zero-order valence-electron chi connectivity index (χ0n) is 23.0. The van der Waals surface area contributed by atoms with Gasteiger partial charge in [-0.1, -0.05) is 0 Å². The Morgan fingerprint density at radius 1 is 1.02 bits per heavy atom. The molecule has 0 aromatic carbocycles. The van der Waals surface area contributed by atoms with E-state index in [4.69, 9.17) is 46.5 Å². The van der Waals surface area contributed by atoms with E-state index in [2.05, 4.69) is 25.3 Å². The van der Waals surface area contributed by atoms with Gasteiger partial charge in [-0.05, 0) is 0 Å². The fraction of sp³-hybridized carbons (Fsp3) is 0.588. The number of aliphatic imine (C=N–C) groups is 1. The summed E-state index contributed by atoms with van der Waals surface area (Å²) in [6.45, 7) is 0.925. The molecule has 40 heavy (non-hydrogen) atoms. The van der Waals surface area contributed by atoms with E-state index in [1.807, 2.05) is 0 Å². The standard InChI is InChI=1S/C17H34N6O13P4/c1-12(37(24)28-2)20-13(11-19-14(18)38(25,29-3)30-4)35-9-10-36-15-21-16(39(26,31-5)32-6)23-17(22-15)40(27,33-7)34-8/h11,26,37,39H,9-10H2,1-8H3,(H2,18,19)/b13-11+,20-12+. The molecule has 0 aliphatic heterocycles. The summed E-state index contributed by atoms with van der Waals surface area (Å²) in [5, 5.41) is 10.3. The molecule has 1 rings (SSSR count). The minimum atomic E-state index is -4.13. The average molecular weight is 654 g/mol. The Bertz CT molecular complexity index is 1180. The first-order valence-corrected chi connectivity index (χ1v) is 17.0. The second-order valence-electron chi connectivity index (χ2n) is 6.82. The van der Waals surface area contributed by atoms with Crippen LogP contribution in [0.3, 0.4) is 0 Å². The van der Waals surface area contributed by atoms with Crippen LogP contribution in [0, 0.1) is 5.41 Å². The van der Waals surface area contributed by atoms with Crippen molar-refractivity contribution in [3.8, 4) is 6.01 Å². The van der Waals surface area contributed by atoms with Crippen LogP contribution in [-0.4, -0.2) is 93.9 Å². The van der Waals surface area contributed by atoms with E-state index >= 15 is 0 Å². The van der Waals surface area contributed by atoms with Gasteiger partial charge in [0.1, 0.15) is 0 Å². The Balaban J connectivity index is 3.21. The number of ether oxygens (including phenoxy) is 2. The molecule has 0 aliphatic rings. The first kappa shape index (κ1) is 36.3. The van der Waals surface area contributed by atoms with Gasteiger partial charge in [0.25, 0.3) is 0 Å². The summed E-state index contributed by atoms with van der Waals surface area (Å²) in [5.41, 5.74) is -1.42. The van der Waals surface area contributed by atoms with Crippen molar-refractivity contribution >= 4 is 53.3 Å². The zero-order valence-corrected chi connectivity index (χ0v) is 26.8. The Kier molecular flexibility index (Phi) is 15.1. The molecule has 1 aromatic rings. The van der Waals surface area contributed by atoms with Gasteiger partial charge >= 0.3 is 197 Å². The van der Waals surface area contributed by atoms with E-state index in [0.717, 1.165) is 34.6 Å². The molecule has 1 heterocycles. The molecule has 23 heteroatoms. The summed E-state index contributed by atoms with van der Waals surface area (Å²) in [4.78, 5) is 26.5. The van der Waals surface area contributed by atoms with Crippen LogP contribution < -0.4 is 21.2 Å². The van der Waals surface area contributed by atoms with Crippen LogP contribution in [0.4, 0.5) is 0 Å². The third kappa shape index (κ3) is 9.69. The molecule has 0 fully saturated rings. The third-order valence-corrected chi connectivity index (χ3v) is 10.8. The summed E-state index contributed by atoms with van der Waals surface area (Å²) >= 11 is 0. The quantitative estimate of drug-likeness (QED) is 0.0660. The van der Waals surface area contributed by atoms with Gasteiger partial charge in [-0.3, -0.25) is 4.57 Å². The number of rotatable bonds is 18. The van der Waals surface area contributed by atoms with Gasteiger partial charge in [0, 0.05) is 21.3 Å². The third-order valence-electron chi connectivity index (χ3n) is 4.57. The van der Waals surface area contributed by atoms with Crippen molar-refractivity contribution in [2.45, 2.75) is 6.92 Å². The van der Waals surface area contributed by atoms with Crippen molar-refractivity contribution < 1.29 is 59.7 Å². The van der Waals surface area contributed by atoms with E-state index in [0.29, 0.717) is 0 Å². The molecule has 230 valence electrons. The monoisotopic (exact) mass is 654 g/mol. The molecular weight excluding hydrogens is 620 g/mol. The van der Waals surface area contributed by atoms with Gasteiger partial charge in [0.15, 0.2) is 0 Å². The van der Waals surface area contributed by atoms with Gasteiger partial charge < -0.3 is 9.05 Å². The normalized spacial score (nSPS) is 14.5. The van der Waals surface area contributed by atoms with Crippen LogP contribution in [0.25, 0.3) is 0 Å². The molecule has 0 radical (unpaired) electrons. The van der Waals surface area contributed by atoms with Crippen molar-refractivity contribution in [3.05, 3.63) is 12.1 Å². The Morgan fingerprint density at radius 2 is 1.62 bits per heavy atom. The summed E-state index contributed by atoms with van der Waals surface area (Å²) in [5.74, 6) is -0.208. The maximum atomic E-state index is 12.9. The van der Waals surface area contributed by atoms with Crippen LogP contribution in [0.2, 0.25) is 0 Å². The van der Waals surface area contributed by atoms with E-state index in [1.165, 1.54) is 28.3 Å². The summed E-state index contributed by atoms with van der Waals surface area (Å²) in [6.07, 6.45) is 1.05. The first-order valence-electron chi connectivity index (χ1n) is 10.8. The van der Waals surface area contributed by atoms with Crippen LogP contribution in [0.1, 0.15) is 6.92 Å². The van der Waals surface area contributed by atoms with Crippen LogP contribution in [0.15, 0.2) is 17.1 Å². The minimum absolute atomic E-state index is 0.0691. The number of amidine groups is 1. The number of aromatic nitrogens is 3. The van der Waals surface area contributed by atoms with Gasteiger partial charge in [-0.15, -0.1) is 0 Å². The number of nitrogens with zero attached hydrogens (tertiary/aromatic N) is 4. The molecular formula is C17H34N6O13P4. The predicted octanol–water partition coefficient (Wildman–Crippen LogP) is 1.13. The Labute approximate surface area is 232 Å². The maximum absolute atomic E-state index is 12.9. The van der Waals surface area contributed by atoms with Crippen LogP contribution >= 0.6 is 31.2 Å². The molecule has 0 saturated heterocycles. The van der Waals surface area contributed by atoms with Crippen molar-refractivity contribution in [1.29, 1.82) is 5.41 Å². The van der Waals surface area contributed by atoms with Gasteiger partial charge in [0.2, 0.25) is 0 Å². The molecule has 0 amide bonds. The molecule has 1 unspecified atom stereocenters. The van der Waals surface area contributed by atoms with Crippen molar-refractivity contribution in [1.82, 2.24) is 20.3 Å². The summed E-state index contributed by atoms with van der Waals surface area (Å²) in [7, 11) is -6.69.